The van der Waals surface area contributed by atoms with Crippen molar-refractivity contribution in [2.75, 3.05) is 6.54 Å². The minimum atomic E-state index is -0.612. The van der Waals surface area contributed by atoms with Gasteiger partial charge in [0.25, 0.3) is 0 Å². The van der Waals surface area contributed by atoms with E-state index in [-0.39, 0.29) is 23.2 Å². The first kappa shape index (κ1) is 24.8. The highest BCUT2D eigenvalue weighted by atomic mass is 16.3. The van der Waals surface area contributed by atoms with Gasteiger partial charge in [-0.15, -0.1) is 0 Å². The Morgan fingerprint density at radius 2 is 1.97 bits per heavy atom. The number of carbonyl (C=O) groups excluding carboxylic acids is 2. The molecule has 0 saturated heterocycles. The van der Waals surface area contributed by atoms with E-state index in [0.29, 0.717) is 18.2 Å². The summed E-state index contributed by atoms with van der Waals surface area (Å²) in [5.74, 6) is -0.732. The lowest BCUT2D eigenvalue weighted by Gasteiger charge is -2.40. The first-order valence-corrected chi connectivity index (χ1v) is 12.0. The third-order valence-corrected chi connectivity index (χ3v) is 7.54. The number of rotatable bonds is 9. The third kappa shape index (κ3) is 6.13. The number of aliphatic hydroxyl groups is 1. The average Bonchev–Trinajstić information content (AvgIpc) is 2.80. The summed E-state index contributed by atoms with van der Waals surface area (Å²) in [6, 6.07) is 10.00. The smallest absolute Gasteiger partial charge is 0.233 e. The van der Waals surface area contributed by atoms with Crippen molar-refractivity contribution in [1.82, 2.24) is 5.32 Å². The highest BCUT2D eigenvalue weighted by Gasteiger charge is 2.33. The van der Waals surface area contributed by atoms with E-state index >= 15 is 0 Å². The van der Waals surface area contributed by atoms with Gasteiger partial charge < -0.3 is 10.4 Å². The Bertz CT molecular complexity index is 1010. The topological polar surface area (TPSA) is 66.4 Å². The van der Waals surface area contributed by atoms with Crippen LogP contribution >= 0.6 is 0 Å². The van der Waals surface area contributed by atoms with Crippen LogP contribution in [0.5, 0.6) is 0 Å². The van der Waals surface area contributed by atoms with Crippen molar-refractivity contribution in [1.29, 1.82) is 0 Å². The van der Waals surface area contributed by atoms with Crippen LogP contribution in [0.3, 0.4) is 0 Å². The van der Waals surface area contributed by atoms with E-state index in [1.54, 1.807) is 0 Å². The molecule has 0 aromatic heterocycles. The average molecular weight is 448 g/mol. The molecule has 2 aliphatic carbocycles. The van der Waals surface area contributed by atoms with E-state index in [0.717, 1.165) is 31.2 Å². The molecule has 0 radical (unpaired) electrons. The minimum absolute atomic E-state index is 0.106. The predicted molar refractivity (Wildman–Crippen MR) is 134 cm³/mol. The van der Waals surface area contributed by atoms with E-state index in [9.17, 15) is 14.7 Å². The lowest BCUT2D eigenvalue weighted by Crippen LogP contribution is -2.29. The number of hydrogen-bond donors (Lipinski definition) is 2. The summed E-state index contributed by atoms with van der Waals surface area (Å²) in [5, 5.41) is 13.8. The SMILES string of the molecule is CC(=CCC1=C(O)C(NCCc2ccccc2)=CC(=O)C1=O)CC[C@@]1(C)CCC=C(C)[C@H]1C. The van der Waals surface area contributed by atoms with Crippen molar-refractivity contribution < 1.29 is 14.7 Å². The zero-order valence-electron chi connectivity index (χ0n) is 20.4. The van der Waals surface area contributed by atoms with Crippen LogP contribution in [0.1, 0.15) is 65.4 Å². The maximum atomic E-state index is 12.4. The summed E-state index contributed by atoms with van der Waals surface area (Å²) in [6.07, 6.45) is 11.0. The minimum Gasteiger partial charge on any atom is -0.505 e. The molecular formula is C29H37NO3. The lowest BCUT2D eigenvalue weighted by molar-refractivity contribution is -0.131. The van der Waals surface area contributed by atoms with E-state index in [2.05, 4.69) is 39.1 Å². The molecule has 0 bridgehead atoms. The molecule has 1 aromatic carbocycles. The number of aliphatic hydroxyl groups excluding tert-OH is 1. The van der Waals surface area contributed by atoms with Gasteiger partial charge in [0.1, 0.15) is 5.76 Å². The third-order valence-electron chi connectivity index (χ3n) is 7.54. The Hall–Kier alpha value is -2.88. The molecule has 4 nitrogen and oxygen atoms in total. The molecule has 1 aromatic rings. The second-order valence-electron chi connectivity index (χ2n) is 9.86. The number of carbonyl (C=O) groups is 2. The van der Waals surface area contributed by atoms with Crippen LogP contribution in [0.4, 0.5) is 0 Å². The van der Waals surface area contributed by atoms with Gasteiger partial charge in [0, 0.05) is 12.6 Å². The second kappa shape index (κ2) is 10.8. The number of ketones is 2. The molecule has 2 aliphatic rings. The zero-order valence-corrected chi connectivity index (χ0v) is 20.4. The molecule has 176 valence electrons. The van der Waals surface area contributed by atoms with E-state index in [1.807, 2.05) is 36.4 Å². The summed E-state index contributed by atoms with van der Waals surface area (Å²) >= 11 is 0. The molecule has 0 amide bonds. The van der Waals surface area contributed by atoms with Gasteiger partial charge in [-0.3, -0.25) is 9.59 Å². The molecule has 4 heteroatoms. The zero-order chi connectivity index (χ0) is 24.0. The Balaban J connectivity index is 1.61. The number of allylic oxidation sites excluding steroid dienone is 6. The van der Waals surface area contributed by atoms with Gasteiger partial charge in [0.05, 0.1) is 11.3 Å². The molecule has 0 heterocycles. The predicted octanol–water partition coefficient (Wildman–Crippen LogP) is 6.17. The Morgan fingerprint density at radius 1 is 1.24 bits per heavy atom. The Kier molecular flexibility index (Phi) is 8.12. The van der Waals surface area contributed by atoms with Crippen molar-refractivity contribution >= 4 is 11.6 Å². The number of hydrogen-bond acceptors (Lipinski definition) is 4. The number of benzene rings is 1. The van der Waals surface area contributed by atoms with Crippen molar-refractivity contribution in [3.63, 3.8) is 0 Å². The molecular weight excluding hydrogens is 410 g/mol. The van der Waals surface area contributed by atoms with Crippen LogP contribution < -0.4 is 5.32 Å². The highest BCUT2D eigenvalue weighted by molar-refractivity contribution is 6.48. The molecule has 0 unspecified atom stereocenters. The van der Waals surface area contributed by atoms with E-state index in [1.165, 1.54) is 23.6 Å². The summed E-state index contributed by atoms with van der Waals surface area (Å²) < 4.78 is 0. The second-order valence-corrected chi connectivity index (χ2v) is 9.86. The highest BCUT2D eigenvalue weighted by Crippen LogP contribution is 2.45. The number of nitrogens with one attached hydrogen (secondary N) is 1. The molecule has 3 rings (SSSR count). The Labute approximate surface area is 198 Å². The standard InChI is InChI=1S/C29H37NO3/c1-20(14-17-29(4)16-8-9-21(2)22(29)3)12-13-24-27(32)25(19-26(31)28(24)33)30-18-15-23-10-6-5-7-11-23/h5-7,9-12,19,22,30,32H,8,13-18H2,1-4H3/t22-,29-/m1/s1. The van der Waals surface area contributed by atoms with E-state index < -0.39 is 11.6 Å². The van der Waals surface area contributed by atoms with Crippen LogP contribution in [0.2, 0.25) is 0 Å². The molecule has 2 atom stereocenters. The summed E-state index contributed by atoms with van der Waals surface area (Å²) in [7, 11) is 0. The first-order chi connectivity index (χ1) is 15.7. The van der Waals surface area contributed by atoms with Crippen LogP contribution in [-0.4, -0.2) is 23.2 Å². The van der Waals surface area contributed by atoms with Gasteiger partial charge in [0.15, 0.2) is 0 Å². The van der Waals surface area contributed by atoms with Gasteiger partial charge in [-0.25, -0.2) is 0 Å². The van der Waals surface area contributed by atoms with Gasteiger partial charge >= 0.3 is 0 Å². The molecule has 0 saturated carbocycles. The van der Waals surface area contributed by atoms with Crippen molar-refractivity contribution in [2.24, 2.45) is 11.3 Å². The van der Waals surface area contributed by atoms with Gasteiger partial charge in [0.2, 0.25) is 11.6 Å². The van der Waals surface area contributed by atoms with Crippen LogP contribution in [0, 0.1) is 11.3 Å². The van der Waals surface area contributed by atoms with Crippen LogP contribution in [-0.2, 0) is 16.0 Å². The molecule has 0 fully saturated rings. The lowest BCUT2D eigenvalue weighted by atomic mass is 9.65. The maximum absolute atomic E-state index is 12.4. The van der Waals surface area contributed by atoms with Crippen molar-refractivity contribution in [3.05, 3.63) is 82.3 Å². The molecule has 0 aliphatic heterocycles. The summed E-state index contributed by atoms with van der Waals surface area (Å²) in [4.78, 5) is 24.7. The van der Waals surface area contributed by atoms with Crippen LogP contribution in [0.25, 0.3) is 0 Å². The fourth-order valence-electron chi connectivity index (χ4n) is 4.77. The Morgan fingerprint density at radius 3 is 2.70 bits per heavy atom. The number of Topliss-reactive ketones (excluding diaryl/α,β-unsaturated/α-hetero) is 1. The first-order valence-electron chi connectivity index (χ1n) is 12.0. The molecule has 2 N–H and O–H groups in total. The normalized spacial score (nSPS) is 24.0. The quantitative estimate of drug-likeness (QED) is 0.270. The molecule has 33 heavy (non-hydrogen) atoms. The fourth-order valence-corrected chi connectivity index (χ4v) is 4.77. The molecule has 0 spiro atoms. The monoisotopic (exact) mass is 447 g/mol. The summed E-state index contributed by atoms with van der Waals surface area (Å²) in [6.45, 7) is 9.55. The van der Waals surface area contributed by atoms with E-state index in [4.69, 9.17) is 0 Å². The van der Waals surface area contributed by atoms with Crippen molar-refractivity contribution in [2.45, 2.75) is 66.2 Å². The summed E-state index contributed by atoms with van der Waals surface area (Å²) in [5.41, 5.74) is 4.63. The van der Waals surface area contributed by atoms with Gasteiger partial charge in [-0.05, 0) is 69.3 Å². The van der Waals surface area contributed by atoms with Gasteiger partial charge in [-0.2, -0.15) is 0 Å². The largest absolute Gasteiger partial charge is 0.505 e. The van der Waals surface area contributed by atoms with Crippen molar-refractivity contribution in [3.8, 4) is 0 Å². The van der Waals surface area contributed by atoms with Gasteiger partial charge in [-0.1, -0.05) is 67.5 Å². The maximum Gasteiger partial charge on any atom is 0.233 e. The van der Waals surface area contributed by atoms with Crippen LogP contribution in [0.15, 0.2) is 76.7 Å². The fraction of sp³-hybridized carbons (Fsp3) is 0.448.